The molecule has 0 unspecified atom stereocenters. The minimum atomic E-state index is 0.643. The highest BCUT2D eigenvalue weighted by Gasteiger charge is 1.99. The van der Waals surface area contributed by atoms with E-state index in [-0.39, 0.29) is 0 Å². The van der Waals surface area contributed by atoms with Crippen LogP contribution in [0.2, 0.25) is 0 Å². The Morgan fingerprint density at radius 3 is 2.93 bits per heavy atom. The second kappa shape index (κ2) is 3.39. The van der Waals surface area contributed by atoms with E-state index in [1.165, 1.54) is 0 Å². The molecule has 2 nitrogen and oxygen atoms in total. The van der Waals surface area contributed by atoms with Crippen LogP contribution in [-0.2, 0) is 0 Å². The molecule has 2 rings (SSSR count). The molecule has 1 aromatic carbocycles. The Morgan fingerprint density at radius 2 is 2.21 bits per heavy atom. The molecular weight excluding hydrogens is 174 g/mol. The van der Waals surface area contributed by atoms with E-state index in [2.05, 4.69) is 6.07 Å². The lowest BCUT2D eigenvalue weighted by Crippen LogP contribution is -1.66. The van der Waals surface area contributed by atoms with Crippen molar-refractivity contribution >= 4 is 17.0 Å². The first-order valence-corrected chi connectivity index (χ1v) is 4.36. The quantitative estimate of drug-likeness (QED) is 0.635. The van der Waals surface area contributed by atoms with Crippen molar-refractivity contribution in [3.8, 4) is 6.07 Å². The average molecular weight is 183 g/mol. The Bertz CT molecular complexity index is 495. The van der Waals surface area contributed by atoms with Gasteiger partial charge < -0.3 is 4.42 Å². The standard InChI is InChI=1S/C12H9NO/c1-9(8-13)6-11-7-10-4-2-3-5-12(10)14-11/h2-7H,1H3/b9-6-. The Kier molecular flexibility index (Phi) is 2.08. The first-order chi connectivity index (χ1) is 6.79. The van der Waals surface area contributed by atoms with Gasteiger partial charge in [-0.15, -0.1) is 0 Å². The molecule has 1 aromatic heterocycles. The van der Waals surface area contributed by atoms with Crippen molar-refractivity contribution in [3.05, 3.63) is 41.7 Å². The van der Waals surface area contributed by atoms with Gasteiger partial charge in [-0.1, -0.05) is 18.2 Å². The highest BCUT2D eigenvalue weighted by molar-refractivity contribution is 5.80. The summed E-state index contributed by atoms with van der Waals surface area (Å²) < 4.78 is 5.51. The number of fused-ring (bicyclic) bond motifs is 1. The third-order valence-electron chi connectivity index (χ3n) is 1.98. The Hall–Kier alpha value is -2.01. The molecule has 2 heteroatoms. The number of nitriles is 1. The summed E-state index contributed by atoms with van der Waals surface area (Å²) in [5.74, 6) is 0.727. The zero-order chi connectivity index (χ0) is 9.97. The van der Waals surface area contributed by atoms with Gasteiger partial charge >= 0.3 is 0 Å². The zero-order valence-electron chi connectivity index (χ0n) is 7.82. The van der Waals surface area contributed by atoms with E-state index in [1.807, 2.05) is 30.3 Å². The van der Waals surface area contributed by atoms with Gasteiger partial charge in [-0.05, 0) is 25.1 Å². The van der Waals surface area contributed by atoms with Gasteiger partial charge in [0.15, 0.2) is 0 Å². The minimum absolute atomic E-state index is 0.643. The van der Waals surface area contributed by atoms with Gasteiger partial charge in [0.25, 0.3) is 0 Å². The Labute approximate surface area is 82.1 Å². The summed E-state index contributed by atoms with van der Waals surface area (Å²) in [5.41, 5.74) is 1.49. The highest BCUT2D eigenvalue weighted by atomic mass is 16.3. The molecule has 1 heterocycles. The summed E-state index contributed by atoms with van der Waals surface area (Å²) in [7, 11) is 0. The molecule has 68 valence electrons. The van der Waals surface area contributed by atoms with Crippen LogP contribution >= 0.6 is 0 Å². The smallest absolute Gasteiger partial charge is 0.134 e. The topological polar surface area (TPSA) is 36.9 Å². The summed E-state index contributed by atoms with van der Waals surface area (Å²) in [6.07, 6.45) is 1.74. The molecule has 2 aromatic rings. The maximum absolute atomic E-state index is 8.61. The molecule has 0 aliphatic carbocycles. The molecule has 0 saturated heterocycles. The van der Waals surface area contributed by atoms with Crippen LogP contribution in [0.4, 0.5) is 0 Å². The van der Waals surface area contributed by atoms with E-state index in [9.17, 15) is 0 Å². The predicted octanol–water partition coefficient (Wildman–Crippen LogP) is 3.36. The maximum atomic E-state index is 8.61. The molecule has 0 atom stereocenters. The third kappa shape index (κ3) is 1.53. The van der Waals surface area contributed by atoms with Gasteiger partial charge in [0.2, 0.25) is 0 Å². The SMILES string of the molecule is C/C(C#N)=C/c1cc2ccccc2o1. The van der Waals surface area contributed by atoms with E-state index in [0.29, 0.717) is 5.57 Å². The van der Waals surface area contributed by atoms with Crippen molar-refractivity contribution in [2.45, 2.75) is 6.92 Å². The van der Waals surface area contributed by atoms with E-state index in [4.69, 9.17) is 9.68 Å². The van der Waals surface area contributed by atoms with E-state index >= 15 is 0 Å². The van der Waals surface area contributed by atoms with Gasteiger partial charge in [0.05, 0.1) is 6.07 Å². The van der Waals surface area contributed by atoms with Gasteiger partial charge in [-0.2, -0.15) is 5.26 Å². The summed E-state index contributed by atoms with van der Waals surface area (Å²) in [4.78, 5) is 0. The molecule has 0 bridgehead atoms. The highest BCUT2D eigenvalue weighted by Crippen LogP contribution is 2.20. The van der Waals surface area contributed by atoms with Crippen molar-refractivity contribution < 1.29 is 4.42 Å². The fourth-order valence-electron chi connectivity index (χ4n) is 1.32. The molecule has 0 radical (unpaired) electrons. The molecular formula is C12H9NO. The largest absolute Gasteiger partial charge is 0.457 e. The van der Waals surface area contributed by atoms with Gasteiger partial charge in [-0.25, -0.2) is 0 Å². The second-order valence-electron chi connectivity index (χ2n) is 3.13. The van der Waals surface area contributed by atoms with E-state index < -0.39 is 0 Å². The van der Waals surface area contributed by atoms with Gasteiger partial charge in [0.1, 0.15) is 11.3 Å². The molecule has 0 N–H and O–H groups in total. The average Bonchev–Trinajstić information content (AvgIpc) is 2.59. The molecule has 0 fully saturated rings. The number of nitrogens with zero attached hydrogens (tertiary/aromatic N) is 1. The van der Waals surface area contributed by atoms with Crippen molar-refractivity contribution in [3.63, 3.8) is 0 Å². The van der Waals surface area contributed by atoms with Crippen LogP contribution in [0.25, 0.3) is 17.0 Å². The molecule has 0 saturated carbocycles. The number of hydrogen-bond donors (Lipinski definition) is 0. The monoisotopic (exact) mass is 183 g/mol. The fraction of sp³-hybridized carbons (Fsp3) is 0.0833. The number of allylic oxidation sites excluding steroid dienone is 1. The zero-order valence-corrected chi connectivity index (χ0v) is 7.82. The number of hydrogen-bond acceptors (Lipinski definition) is 2. The Balaban J connectivity index is 2.52. The number of furan rings is 1. The van der Waals surface area contributed by atoms with Crippen LogP contribution in [0.15, 0.2) is 40.3 Å². The molecule has 0 aliphatic heterocycles. The van der Waals surface area contributed by atoms with Crippen LogP contribution in [0.1, 0.15) is 12.7 Å². The van der Waals surface area contributed by atoms with Crippen LogP contribution < -0.4 is 0 Å². The van der Waals surface area contributed by atoms with Crippen molar-refractivity contribution in [2.75, 3.05) is 0 Å². The molecule has 0 spiro atoms. The van der Waals surface area contributed by atoms with Gasteiger partial charge in [-0.3, -0.25) is 0 Å². The maximum Gasteiger partial charge on any atom is 0.134 e. The van der Waals surface area contributed by atoms with Crippen LogP contribution in [-0.4, -0.2) is 0 Å². The van der Waals surface area contributed by atoms with Crippen LogP contribution in [0.3, 0.4) is 0 Å². The summed E-state index contributed by atoms with van der Waals surface area (Å²) in [6, 6.07) is 11.8. The first-order valence-electron chi connectivity index (χ1n) is 4.36. The van der Waals surface area contributed by atoms with Crippen molar-refractivity contribution in [1.29, 1.82) is 5.26 Å². The van der Waals surface area contributed by atoms with Crippen molar-refractivity contribution in [1.82, 2.24) is 0 Å². The van der Waals surface area contributed by atoms with Crippen LogP contribution in [0.5, 0.6) is 0 Å². The van der Waals surface area contributed by atoms with E-state index in [1.54, 1.807) is 13.0 Å². The lowest BCUT2D eigenvalue weighted by Gasteiger charge is -1.84. The minimum Gasteiger partial charge on any atom is -0.457 e. The molecule has 14 heavy (non-hydrogen) atoms. The normalized spacial score (nSPS) is 11.6. The number of rotatable bonds is 1. The van der Waals surface area contributed by atoms with E-state index in [0.717, 1.165) is 16.7 Å². The second-order valence-corrected chi connectivity index (χ2v) is 3.13. The number of para-hydroxylation sites is 1. The van der Waals surface area contributed by atoms with Crippen LogP contribution in [0, 0.1) is 11.3 Å². The predicted molar refractivity (Wildman–Crippen MR) is 55.5 cm³/mol. The summed E-state index contributed by atoms with van der Waals surface area (Å²) in [5, 5.41) is 9.67. The summed E-state index contributed by atoms with van der Waals surface area (Å²) >= 11 is 0. The Morgan fingerprint density at radius 1 is 1.43 bits per heavy atom. The third-order valence-corrected chi connectivity index (χ3v) is 1.98. The first kappa shape index (κ1) is 8.58. The fourth-order valence-corrected chi connectivity index (χ4v) is 1.32. The summed E-state index contributed by atoms with van der Waals surface area (Å²) in [6.45, 7) is 1.76. The molecule has 0 aliphatic rings. The van der Waals surface area contributed by atoms with Gasteiger partial charge in [0, 0.05) is 11.0 Å². The molecule has 0 amide bonds. The number of benzene rings is 1. The van der Waals surface area contributed by atoms with Crippen molar-refractivity contribution in [2.24, 2.45) is 0 Å². The lowest BCUT2D eigenvalue weighted by molar-refractivity contribution is 0.604. The lowest BCUT2D eigenvalue weighted by atomic mass is 10.2.